The van der Waals surface area contributed by atoms with Crippen LogP contribution in [0.15, 0.2) is 35.5 Å². The number of carbonyl (C=O) groups excluding carboxylic acids is 1. The SMILES string of the molecule is CCCCN1CC(C)SC1=NC(=O)c1cc(Cl)cc2cccnc12. The predicted octanol–water partition coefficient (Wildman–Crippen LogP) is 4.62. The van der Waals surface area contributed by atoms with Crippen molar-refractivity contribution in [3.63, 3.8) is 0 Å². The van der Waals surface area contributed by atoms with Gasteiger partial charge in [0.05, 0.1) is 11.1 Å². The van der Waals surface area contributed by atoms with Crippen LogP contribution in [0.25, 0.3) is 10.9 Å². The topological polar surface area (TPSA) is 45.6 Å². The lowest BCUT2D eigenvalue weighted by atomic mass is 10.1. The van der Waals surface area contributed by atoms with E-state index in [1.54, 1.807) is 24.0 Å². The van der Waals surface area contributed by atoms with Crippen LogP contribution >= 0.6 is 23.4 Å². The van der Waals surface area contributed by atoms with E-state index in [4.69, 9.17) is 11.6 Å². The van der Waals surface area contributed by atoms with Crippen LogP contribution in [0.2, 0.25) is 5.02 Å². The summed E-state index contributed by atoms with van der Waals surface area (Å²) in [5.74, 6) is -0.278. The second kappa shape index (κ2) is 7.53. The molecule has 2 heterocycles. The fourth-order valence-electron chi connectivity index (χ4n) is 2.78. The van der Waals surface area contributed by atoms with E-state index in [-0.39, 0.29) is 5.91 Å². The number of hydrogen-bond donors (Lipinski definition) is 0. The van der Waals surface area contributed by atoms with Crippen LogP contribution in [-0.2, 0) is 0 Å². The van der Waals surface area contributed by atoms with Crippen LogP contribution < -0.4 is 0 Å². The Bertz CT molecular complexity index is 793. The number of unbranched alkanes of at least 4 members (excludes halogenated alkanes) is 1. The number of aromatic nitrogens is 1. The van der Waals surface area contributed by atoms with Gasteiger partial charge < -0.3 is 4.90 Å². The quantitative estimate of drug-likeness (QED) is 0.797. The molecule has 0 saturated carbocycles. The molecule has 1 aromatic heterocycles. The first-order chi connectivity index (χ1) is 11.6. The number of amidine groups is 1. The molecule has 1 atom stereocenters. The van der Waals surface area contributed by atoms with Crippen LogP contribution in [-0.4, -0.2) is 39.3 Å². The monoisotopic (exact) mass is 361 g/mol. The Labute approximate surface area is 151 Å². The molecule has 1 amide bonds. The van der Waals surface area contributed by atoms with Crippen LogP contribution in [0.4, 0.5) is 0 Å². The smallest absolute Gasteiger partial charge is 0.281 e. The van der Waals surface area contributed by atoms with Gasteiger partial charge in [0.25, 0.3) is 5.91 Å². The number of pyridine rings is 1. The molecule has 0 spiro atoms. The lowest BCUT2D eigenvalue weighted by Crippen LogP contribution is -2.27. The number of amides is 1. The van der Waals surface area contributed by atoms with Crippen molar-refractivity contribution in [2.45, 2.75) is 31.9 Å². The zero-order valence-corrected chi connectivity index (χ0v) is 15.4. The second-order valence-corrected chi connectivity index (χ2v) is 7.80. The number of thioether (sulfide) groups is 1. The molecule has 3 rings (SSSR count). The molecule has 0 bridgehead atoms. The van der Waals surface area contributed by atoms with Gasteiger partial charge in [-0.1, -0.05) is 49.7 Å². The molecule has 2 aromatic rings. The Kier molecular flexibility index (Phi) is 5.41. The Morgan fingerprint density at radius 2 is 2.33 bits per heavy atom. The van der Waals surface area contributed by atoms with Gasteiger partial charge in [0.2, 0.25) is 0 Å². The molecule has 1 unspecified atom stereocenters. The summed E-state index contributed by atoms with van der Waals surface area (Å²) in [6, 6.07) is 7.20. The minimum absolute atomic E-state index is 0.278. The number of hydrogen-bond acceptors (Lipinski definition) is 3. The Hall–Kier alpha value is -1.59. The Morgan fingerprint density at radius 1 is 1.50 bits per heavy atom. The normalized spacial score (nSPS) is 19.4. The van der Waals surface area contributed by atoms with Gasteiger partial charge in [0, 0.05) is 34.9 Å². The highest BCUT2D eigenvalue weighted by Gasteiger charge is 2.26. The highest BCUT2D eigenvalue weighted by atomic mass is 35.5. The largest absolute Gasteiger partial charge is 0.350 e. The minimum Gasteiger partial charge on any atom is -0.350 e. The highest BCUT2D eigenvalue weighted by Crippen LogP contribution is 2.28. The molecule has 126 valence electrons. The lowest BCUT2D eigenvalue weighted by Gasteiger charge is -2.17. The number of benzene rings is 1. The first-order valence-corrected chi connectivity index (χ1v) is 9.43. The minimum atomic E-state index is -0.278. The molecule has 1 saturated heterocycles. The molecular formula is C18H20ClN3OS. The maximum atomic E-state index is 12.8. The van der Waals surface area contributed by atoms with Gasteiger partial charge in [0.1, 0.15) is 0 Å². The van der Waals surface area contributed by atoms with E-state index in [0.29, 0.717) is 21.4 Å². The first kappa shape index (κ1) is 17.2. The number of nitrogens with zero attached hydrogens (tertiary/aromatic N) is 3. The zero-order chi connectivity index (χ0) is 17.1. The summed E-state index contributed by atoms with van der Waals surface area (Å²) in [6.45, 7) is 6.20. The van der Waals surface area contributed by atoms with Gasteiger partial charge in [-0.15, -0.1) is 0 Å². The molecule has 0 aliphatic carbocycles. The molecule has 1 fully saturated rings. The van der Waals surface area contributed by atoms with Crippen molar-refractivity contribution in [3.05, 3.63) is 41.0 Å². The van der Waals surface area contributed by atoms with E-state index in [2.05, 4.69) is 28.7 Å². The summed E-state index contributed by atoms with van der Waals surface area (Å²) in [5.41, 5.74) is 1.11. The van der Waals surface area contributed by atoms with E-state index in [1.807, 2.05) is 18.2 Å². The maximum absolute atomic E-state index is 12.8. The molecule has 1 aromatic carbocycles. The van der Waals surface area contributed by atoms with Gasteiger partial charge in [-0.3, -0.25) is 9.78 Å². The summed E-state index contributed by atoms with van der Waals surface area (Å²) < 4.78 is 0. The third-order valence-corrected chi connectivity index (χ3v) is 5.26. The van der Waals surface area contributed by atoms with Crippen molar-refractivity contribution in [2.24, 2.45) is 4.99 Å². The third-order valence-electron chi connectivity index (χ3n) is 3.93. The van der Waals surface area contributed by atoms with Crippen LogP contribution in [0, 0.1) is 0 Å². The number of aliphatic imine (C=N–C) groups is 1. The van der Waals surface area contributed by atoms with Gasteiger partial charge in [-0.2, -0.15) is 4.99 Å². The summed E-state index contributed by atoms with van der Waals surface area (Å²) in [7, 11) is 0. The number of fused-ring (bicyclic) bond motifs is 1. The average molecular weight is 362 g/mol. The predicted molar refractivity (Wildman–Crippen MR) is 102 cm³/mol. The average Bonchev–Trinajstić information content (AvgIpc) is 2.91. The fourth-order valence-corrected chi connectivity index (χ4v) is 4.07. The Balaban J connectivity index is 1.94. The second-order valence-electron chi connectivity index (χ2n) is 5.96. The molecule has 0 N–H and O–H groups in total. The molecular weight excluding hydrogens is 342 g/mol. The van der Waals surface area contributed by atoms with Crippen LogP contribution in [0.5, 0.6) is 0 Å². The molecule has 0 radical (unpaired) electrons. The fraction of sp³-hybridized carbons (Fsp3) is 0.389. The van der Waals surface area contributed by atoms with Crippen molar-refractivity contribution in [1.29, 1.82) is 0 Å². The summed E-state index contributed by atoms with van der Waals surface area (Å²) in [6.07, 6.45) is 3.90. The highest BCUT2D eigenvalue weighted by molar-refractivity contribution is 8.14. The standard InChI is InChI=1S/C18H20ClN3OS/c1-3-4-8-22-11-12(2)24-18(22)21-17(23)15-10-14(19)9-13-6-5-7-20-16(13)15/h5-7,9-10,12H,3-4,8,11H2,1-2H3. The zero-order valence-electron chi connectivity index (χ0n) is 13.8. The summed E-state index contributed by atoms with van der Waals surface area (Å²) in [5, 5.41) is 2.63. The van der Waals surface area contributed by atoms with Crippen molar-refractivity contribution in [1.82, 2.24) is 9.88 Å². The van der Waals surface area contributed by atoms with Crippen LogP contribution in [0.1, 0.15) is 37.0 Å². The van der Waals surface area contributed by atoms with Crippen molar-refractivity contribution < 1.29 is 4.79 Å². The van der Waals surface area contributed by atoms with Crippen LogP contribution in [0.3, 0.4) is 0 Å². The number of rotatable bonds is 4. The van der Waals surface area contributed by atoms with Crippen molar-refractivity contribution >= 4 is 45.3 Å². The molecule has 6 heteroatoms. The van der Waals surface area contributed by atoms with Gasteiger partial charge in [-0.25, -0.2) is 0 Å². The number of halogens is 1. The van der Waals surface area contributed by atoms with E-state index < -0.39 is 0 Å². The Morgan fingerprint density at radius 3 is 3.12 bits per heavy atom. The lowest BCUT2D eigenvalue weighted by molar-refractivity contribution is 0.100. The third kappa shape index (κ3) is 3.73. The molecule has 24 heavy (non-hydrogen) atoms. The van der Waals surface area contributed by atoms with E-state index >= 15 is 0 Å². The molecule has 1 aliphatic rings. The van der Waals surface area contributed by atoms with E-state index in [0.717, 1.165) is 36.5 Å². The molecule has 1 aliphatic heterocycles. The van der Waals surface area contributed by atoms with Gasteiger partial charge >= 0.3 is 0 Å². The van der Waals surface area contributed by atoms with Crippen molar-refractivity contribution in [3.8, 4) is 0 Å². The maximum Gasteiger partial charge on any atom is 0.281 e. The summed E-state index contributed by atoms with van der Waals surface area (Å²) >= 11 is 7.82. The van der Waals surface area contributed by atoms with Gasteiger partial charge in [0.15, 0.2) is 5.17 Å². The van der Waals surface area contributed by atoms with Gasteiger partial charge in [-0.05, 0) is 24.6 Å². The molecule has 4 nitrogen and oxygen atoms in total. The van der Waals surface area contributed by atoms with E-state index in [9.17, 15) is 4.79 Å². The van der Waals surface area contributed by atoms with E-state index in [1.165, 1.54) is 0 Å². The number of carbonyl (C=O) groups is 1. The first-order valence-electron chi connectivity index (χ1n) is 8.17. The summed E-state index contributed by atoms with van der Waals surface area (Å²) in [4.78, 5) is 23.7. The van der Waals surface area contributed by atoms with Crippen molar-refractivity contribution in [2.75, 3.05) is 13.1 Å².